The van der Waals surface area contributed by atoms with Crippen LogP contribution in [0.1, 0.15) is 10.6 Å². The van der Waals surface area contributed by atoms with Crippen molar-refractivity contribution in [2.75, 3.05) is 13.1 Å². The van der Waals surface area contributed by atoms with Crippen LogP contribution in [0.2, 0.25) is 0 Å². The van der Waals surface area contributed by atoms with Crippen LogP contribution < -0.4 is 4.74 Å². The highest BCUT2D eigenvalue weighted by Crippen LogP contribution is 2.22. The molecule has 20 heavy (non-hydrogen) atoms. The van der Waals surface area contributed by atoms with Gasteiger partial charge in [-0.25, -0.2) is 4.98 Å². The lowest BCUT2D eigenvalue weighted by Gasteiger charge is -2.16. The Balaban J connectivity index is 1.61. The summed E-state index contributed by atoms with van der Waals surface area (Å²) >= 11 is 1.67. The van der Waals surface area contributed by atoms with Crippen molar-refractivity contribution in [3.63, 3.8) is 0 Å². The van der Waals surface area contributed by atoms with Crippen molar-refractivity contribution in [1.82, 2.24) is 9.88 Å². The van der Waals surface area contributed by atoms with Crippen molar-refractivity contribution in [3.05, 3.63) is 46.4 Å². The van der Waals surface area contributed by atoms with Crippen molar-refractivity contribution in [2.24, 2.45) is 0 Å². The topological polar surface area (TPSA) is 45.6 Å². The van der Waals surface area contributed by atoms with Gasteiger partial charge in [0, 0.05) is 24.5 Å². The number of β-amino-alcohol motifs (C(OH)–C–C–N with tert-alkyl or cyclic N) is 1. The number of para-hydroxylation sites is 1. The van der Waals surface area contributed by atoms with Crippen molar-refractivity contribution in [2.45, 2.75) is 25.7 Å². The number of rotatable bonds is 4. The molecule has 1 saturated heterocycles. The average Bonchev–Trinajstić information content (AvgIpc) is 2.99. The summed E-state index contributed by atoms with van der Waals surface area (Å²) in [4.78, 5) is 7.75. The standard InChI is InChI=1S/C15H18N2O2S/c1-11-15(20-10-16-11)9-17-7-13(18)14(8-17)19-12-5-3-2-4-6-12/h2-6,10,13-14,18H,7-9H2,1H3/t13-,14-/m1/s1. The Morgan fingerprint density at radius 1 is 1.35 bits per heavy atom. The summed E-state index contributed by atoms with van der Waals surface area (Å²) in [5, 5.41) is 10.1. The molecule has 106 valence electrons. The number of aliphatic hydroxyl groups is 1. The predicted molar refractivity (Wildman–Crippen MR) is 79.0 cm³/mol. The molecule has 0 spiro atoms. The fraction of sp³-hybridized carbons (Fsp3) is 0.400. The van der Waals surface area contributed by atoms with Crippen LogP contribution in [0.15, 0.2) is 35.8 Å². The van der Waals surface area contributed by atoms with Gasteiger partial charge in [-0.2, -0.15) is 0 Å². The number of aryl methyl sites for hydroxylation is 1. The lowest BCUT2D eigenvalue weighted by atomic mass is 10.2. The number of aromatic nitrogens is 1. The monoisotopic (exact) mass is 290 g/mol. The normalized spacial score (nSPS) is 23.1. The van der Waals surface area contributed by atoms with E-state index in [4.69, 9.17) is 4.74 Å². The number of hydrogen-bond donors (Lipinski definition) is 1. The van der Waals surface area contributed by atoms with E-state index in [-0.39, 0.29) is 6.10 Å². The Morgan fingerprint density at radius 2 is 2.15 bits per heavy atom. The van der Waals surface area contributed by atoms with Gasteiger partial charge < -0.3 is 9.84 Å². The summed E-state index contributed by atoms with van der Waals surface area (Å²) in [7, 11) is 0. The minimum Gasteiger partial charge on any atom is -0.486 e. The molecule has 0 amide bonds. The molecule has 5 heteroatoms. The number of ether oxygens (including phenoxy) is 1. The number of thiazole rings is 1. The Morgan fingerprint density at radius 3 is 2.85 bits per heavy atom. The first kappa shape index (κ1) is 13.5. The number of aliphatic hydroxyl groups excluding tert-OH is 1. The molecular weight excluding hydrogens is 272 g/mol. The van der Waals surface area contributed by atoms with Crippen LogP contribution in [0.5, 0.6) is 5.75 Å². The van der Waals surface area contributed by atoms with E-state index in [1.807, 2.05) is 42.8 Å². The molecule has 0 bridgehead atoms. The van der Waals surface area contributed by atoms with Gasteiger partial charge in [0.1, 0.15) is 18.0 Å². The summed E-state index contributed by atoms with van der Waals surface area (Å²) in [6.07, 6.45) is -0.603. The molecule has 1 aliphatic heterocycles. The number of nitrogens with zero attached hydrogens (tertiary/aromatic N) is 2. The lowest BCUT2D eigenvalue weighted by Crippen LogP contribution is -2.29. The second kappa shape index (κ2) is 5.91. The minimum atomic E-state index is -0.441. The Bertz CT molecular complexity index is 558. The van der Waals surface area contributed by atoms with Gasteiger partial charge in [-0.3, -0.25) is 4.90 Å². The second-order valence-electron chi connectivity index (χ2n) is 5.09. The zero-order valence-electron chi connectivity index (χ0n) is 11.4. The molecule has 3 rings (SSSR count). The van der Waals surface area contributed by atoms with E-state index in [0.717, 1.165) is 24.5 Å². The molecule has 2 atom stereocenters. The molecule has 0 saturated carbocycles. The number of benzene rings is 1. The summed E-state index contributed by atoms with van der Waals surface area (Å²) in [6, 6.07) is 9.67. The van der Waals surface area contributed by atoms with Crippen molar-refractivity contribution in [3.8, 4) is 5.75 Å². The van der Waals surface area contributed by atoms with Crippen LogP contribution in [0.25, 0.3) is 0 Å². The summed E-state index contributed by atoms with van der Waals surface area (Å²) in [5.41, 5.74) is 2.95. The molecule has 1 aromatic carbocycles. The van der Waals surface area contributed by atoms with E-state index < -0.39 is 6.10 Å². The quantitative estimate of drug-likeness (QED) is 0.936. The van der Waals surface area contributed by atoms with Crippen LogP contribution in [-0.4, -0.2) is 40.3 Å². The average molecular weight is 290 g/mol. The smallest absolute Gasteiger partial charge is 0.138 e. The van der Waals surface area contributed by atoms with Gasteiger partial charge in [-0.1, -0.05) is 18.2 Å². The number of likely N-dealkylation sites (tertiary alicyclic amines) is 1. The number of hydrogen-bond acceptors (Lipinski definition) is 5. The predicted octanol–water partition coefficient (Wildman–Crippen LogP) is 2.08. The van der Waals surface area contributed by atoms with Crippen LogP contribution in [-0.2, 0) is 6.54 Å². The fourth-order valence-electron chi connectivity index (χ4n) is 2.43. The maximum Gasteiger partial charge on any atom is 0.138 e. The van der Waals surface area contributed by atoms with Gasteiger partial charge in [-0.15, -0.1) is 11.3 Å². The summed E-state index contributed by atoms with van der Waals surface area (Å²) in [5.74, 6) is 0.812. The SMILES string of the molecule is Cc1ncsc1CN1C[C@@H](O)[C@H](Oc2ccccc2)C1. The van der Waals surface area contributed by atoms with E-state index >= 15 is 0 Å². The summed E-state index contributed by atoms with van der Waals surface area (Å²) < 4.78 is 5.86. The minimum absolute atomic E-state index is 0.161. The highest BCUT2D eigenvalue weighted by molar-refractivity contribution is 7.09. The highest BCUT2D eigenvalue weighted by Gasteiger charge is 2.33. The van der Waals surface area contributed by atoms with E-state index in [9.17, 15) is 5.11 Å². The molecule has 1 aromatic heterocycles. The molecular formula is C15H18N2O2S. The molecule has 1 fully saturated rings. The van der Waals surface area contributed by atoms with Crippen molar-refractivity contribution < 1.29 is 9.84 Å². The highest BCUT2D eigenvalue weighted by atomic mass is 32.1. The lowest BCUT2D eigenvalue weighted by molar-refractivity contribution is 0.0737. The van der Waals surface area contributed by atoms with E-state index in [1.54, 1.807) is 11.3 Å². The molecule has 4 nitrogen and oxygen atoms in total. The second-order valence-corrected chi connectivity index (χ2v) is 6.03. The molecule has 2 aromatic rings. The Labute approximate surface area is 122 Å². The van der Waals surface area contributed by atoms with Gasteiger partial charge >= 0.3 is 0 Å². The molecule has 0 aliphatic carbocycles. The third-order valence-electron chi connectivity index (χ3n) is 3.56. The molecule has 0 unspecified atom stereocenters. The maximum atomic E-state index is 10.1. The fourth-order valence-corrected chi connectivity index (χ4v) is 3.25. The van der Waals surface area contributed by atoms with Gasteiger partial charge in [0.05, 0.1) is 11.2 Å². The van der Waals surface area contributed by atoms with E-state index in [2.05, 4.69) is 9.88 Å². The molecule has 2 heterocycles. The Kier molecular flexibility index (Phi) is 4.00. The van der Waals surface area contributed by atoms with Crippen LogP contribution in [0, 0.1) is 6.92 Å². The molecule has 1 aliphatic rings. The molecule has 1 N–H and O–H groups in total. The van der Waals surface area contributed by atoms with Crippen LogP contribution in [0.4, 0.5) is 0 Å². The largest absolute Gasteiger partial charge is 0.486 e. The van der Waals surface area contributed by atoms with Gasteiger partial charge in [0.15, 0.2) is 0 Å². The van der Waals surface area contributed by atoms with Crippen LogP contribution in [0.3, 0.4) is 0 Å². The van der Waals surface area contributed by atoms with Gasteiger partial charge in [0.2, 0.25) is 0 Å². The first-order valence-electron chi connectivity index (χ1n) is 6.73. The third kappa shape index (κ3) is 3.00. The van der Waals surface area contributed by atoms with E-state index in [1.165, 1.54) is 4.88 Å². The summed E-state index contributed by atoms with van der Waals surface area (Å²) in [6.45, 7) is 4.25. The third-order valence-corrected chi connectivity index (χ3v) is 4.48. The Hall–Kier alpha value is -1.43. The maximum absolute atomic E-state index is 10.1. The van der Waals surface area contributed by atoms with E-state index in [0.29, 0.717) is 6.54 Å². The zero-order valence-corrected chi connectivity index (χ0v) is 12.2. The van der Waals surface area contributed by atoms with Gasteiger partial charge in [-0.05, 0) is 19.1 Å². The first-order chi connectivity index (χ1) is 9.72. The van der Waals surface area contributed by atoms with Crippen molar-refractivity contribution >= 4 is 11.3 Å². The van der Waals surface area contributed by atoms with Gasteiger partial charge in [0.25, 0.3) is 0 Å². The first-order valence-corrected chi connectivity index (χ1v) is 7.61. The zero-order chi connectivity index (χ0) is 13.9. The molecule has 0 radical (unpaired) electrons. The van der Waals surface area contributed by atoms with Crippen LogP contribution >= 0.6 is 11.3 Å². The van der Waals surface area contributed by atoms with Crippen molar-refractivity contribution in [1.29, 1.82) is 0 Å².